The number of aliphatic carboxylic acids is 1. The van der Waals surface area contributed by atoms with Crippen LogP contribution in [0.25, 0.3) is 0 Å². The number of nitro benzene ring substituents is 1. The zero-order valence-electron chi connectivity index (χ0n) is 13.5. The van der Waals surface area contributed by atoms with E-state index in [4.69, 9.17) is 26.2 Å². The monoisotopic (exact) mass is 405 g/mol. The second-order valence-corrected chi connectivity index (χ2v) is 5.61. The van der Waals surface area contributed by atoms with Crippen LogP contribution < -0.4 is 9.47 Å². The molecule has 0 aliphatic carbocycles. The van der Waals surface area contributed by atoms with Gasteiger partial charge in [-0.2, -0.15) is 13.2 Å². The van der Waals surface area contributed by atoms with Crippen LogP contribution in [0, 0.1) is 10.1 Å². The fourth-order valence-electron chi connectivity index (χ4n) is 1.98. The van der Waals surface area contributed by atoms with Crippen molar-refractivity contribution in [2.24, 2.45) is 0 Å². The molecule has 0 spiro atoms. The van der Waals surface area contributed by atoms with Crippen LogP contribution in [-0.2, 0) is 11.0 Å². The maximum atomic E-state index is 12.7. The summed E-state index contributed by atoms with van der Waals surface area (Å²) < 4.78 is 48.4. The van der Waals surface area contributed by atoms with Crippen molar-refractivity contribution in [1.29, 1.82) is 0 Å². The van der Waals surface area contributed by atoms with Gasteiger partial charge in [-0.3, -0.25) is 10.1 Å². The number of hydrogen-bond acceptors (Lipinski definition) is 5. The van der Waals surface area contributed by atoms with Crippen LogP contribution in [0.2, 0.25) is 5.02 Å². The van der Waals surface area contributed by atoms with Gasteiger partial charge in [-0.15, -0.1) is 0 Å². The van der Waals surface area contributed by atoms with Crippen molar-refractivity contribution in [3.8, 4) is 17.2 Å². The van der Waals surface area contributed by atoms with Crippen molar-refractivity contribution >= 4 is 23.3 Å². The maximum Gasteiger partial charge on any atom is 0.416 e. The summed E-state index contributed by atoms with van der Waals surface area (Å²) in [5.74, 6) is -2.36. The normalized spacial score (nSPS) is 12.3. The molecular formula is C16H11ClF3NO6. The minimum absolute atomic E-state index is 0.254. The molecule has 0 aromatic heterocycles. The van der Waals surface area contributed by atoms with Crippen molar-refractivity contribution in [2.45, 2.75) is 19.2 Å². The lowest BCUT2D eigenvalue weighted by Crippen LogP contribution is -2.23. The van der Waals surface area contributed by atoms with E-state index in [1.54, 1.807) is 0 Å². The molecule has 1 atom stereocenters. The van der Waals surface area contributed by atoms with Crippen LogP contribution in [0.3, 0.4) is 0 Å². The number of carboxylic acid groups (broad SMARTS) is 1. The molecule has 0 radical (unpaired) electrons. The Labute approximate surface area is 155 Å². The minimum atomic E-state index is -4.62. The highest BCUT2D eigenvalue weighted by Gasteiger charge is 2.31. The average Bonchev–Trinajstić information content (AvgIpc) is 2.55. The Balaban J connectivity index is 2.42. The number of nitro groups is 1. The first kappa shape index (κ1) is 20.3. The fourth-order valence-corrected chi connectivity index (χ4v) is 2.20. The topological polar surface area (TPSA) is 98.9 Å². The van der Waals surface area contributed by atoms with E-state index < -0.39 is 39.4 Å². The zero-order valence-corrected chi connectivity index (χ0v) is 14.2. The molecule has 11 heteroatoms. The molecule has 0 saturated carbocycles. The van der Waals surface area contributed by atoms with Crippen LogP contribution in [0.5, 0.6) is 17.2 Å². The van der Waals surface area contributed by atoms with Crippen LogP contribution in [0.1, 0.15) is 12.5 Å². The third-order valence-electron chi connectivity index (χ3n) is 3.28. The van der Waals surface area contributed by atoms with Crippen LogP contribution in [-0.4, -0.2) is 22.1 Å². The Kier molecular flexibility index (Phi) is 5.79. The van der Waals surface area contributed by atoms with Gasteiger partial charge in [-0.05, 0) is 37.3 Å². The molecule has 0 aliphatic rings. The van der Waals surface area contributed by atoms with Crippen LogP contribution >= 0.6 is 11.6 Å². The van der Waals surface area contributed by atoms with E-state index in [2.05, 4.69) is 0 Å². The number of halogens is 4. The smallest absolute Gasteiger partial charge is 0.416 e. The molecule has 0 saturated heterocycles. The molecule has 0 amide bonds. The average molecular weight is 406 g/mol. The third-order valence-corrected chi connectivity index (χ3v) is 3.57. The molecule has 2 aromatic rings. The molecule has 1 unspecified atom stereocenters. The summed E-state index contributed by atoms with van der Waals surface area (Å²) in [6, 6.07) is 5.88. The minimum Gasteiger partial charge on any atom is -0.479 e. The molecular weight excluding hydrogens is 395 g/mol. The van der Waals surface area contributed by atoms with E-state index in [9.17, 15) is 28.1 Å². The molecule has 27 heavy (non-hydrogen) atoms. The fraction of sp³-hybridized carbons (Fsp3) is 0.188. The summed E-state index contributed by atoms with van der Waals surface area (Å²) in [5.41, 5.74) is -1.71. The van der Waals surface area contributed by atoms with Crippen molar-refractivity contribution in [3.05, 3.63) is 57.1 Å². The first-order valence-electron chi connectivity index (χ1n) is 7.22. The molecule has 144 valence electrons. The molecule has 0 aliphatic heterocycles. The van der Waals surface area contributed by atoms with E-state index in [0.717, 1.165) is 6.07 Å². The molecule has 1 N–H and O–H groups in total. The lowest BCUT2D eigenvalue weighted by molar-refractivity contribution is -0.386. The van der Waals surface area contributed by atoms with Gasteiger partial charge < -0.3 is 14.6 Å². The highest BCUT2D eigenvalue weighted by molar-refractivity contribution is 6.32. The van der Waals surface area contributed by atoms with Crippen molar-refractivity contribution < 1.29 is 37.5 Å². The summed E-state index contributed by atoms with van der Waals surface area (Å²) >= 11 is 5.78. The van der Waals surface area contributed by atoms with Crippen molar-refractivity contribution in [3.63, 3.8) is 0 Å². The van der Waals surface area contributed by atoms with E-state index in [-0.39, 0.29) is 17.2 Å². The molecule has 2 rings (SSSR count). The van der Waals surface area contributed by atoms with Gasteiger partial charge >= 0.3 is 17.8 Å². The quantitative estimate of drug-likeness (QED) is 0.541. The van der Waals surface area contributed by atoms with Gasteiger partial charge in [0.05, 0.1) is 15.5 Å². The lowest BCUT2D eigenvalue weighted by Gasteiger charge is -2.14. The number of alkyl halides is 3. The van der Waals surface area contributed by atoms with Crippen LogP contribution in [0.15, 0.2) is 36.4 Å². The summed E-state index contributed by atoms with van der Waals surface area (Å²) in [5, 5.41) is 19.8. The standard InChI is InChI=1S/C16H11ClF3NO6/c1-8(15(22)23)26-12-3-2-4-13(14(12)21(24)25)27-11-6-5-9(7-10(11)17)16(18,19)20/h2-8H,1H3,(H,22,23). The highest BCUT2D eigenvalue weighted by atomic mass is 35.5. The Morgan fingerprint density at radius 1 is 1.22 bits per heavy atom. The third kappa shape index (κ3) is 4.79. The number of benzene rings is 2. The van der Waals surface area contributed by atoms with E-state index in [1.807, 2.05) is 0 Å². The predicted molar refractivity (Wildman–Crippen MR) is 87.4 cm³/mol. The maximum absolute atomic E-state index is 12.7. The van der Waals surface area contributed by atoms with Crippen molar-refractivity contribution in [2.75, 3.05) is 0 Å². The van der Waals surface area contributed by atoms with Gasteiger partial charge in [0.25, 0.3) is 0 Å². The Morgan fingerprint density at radius 3 is 2.37 bits per heavy atom. The van der Waals surface area contributed by atoms with Gasteiger partial charge in [-0.1, -0.05) is 17.7 Å². The summed E-state index contributed by atoms with van der Waals surface area (Å²) in [4.78, 5) is 21.4. The number of ether oxygens (including phenoxy) is 2. The van der Waals surface area contributed by atoms with Gasteiger partial charge in [0.2, 0.25) is 11.5 Å². The second kappa shape index (κ2) is 7.70. The Bertz CT molecular complexity index is 887. The molecule has 7 nitrogen and oxygen atoms in total. The molecule has 0 bridgehead atoms. The number of para-hydroxylation sites is 1. The second-order valence-electron chi connectivity index (χ2n) is 5.20. The summed E-state index contributed by atoms with van der Waals surface area (Å²) in [7, 11) is 0. The SMILES string of the molecule is CC(Oc1cccc(Oc2ccc(C(F)(F)F)cc2Cl)c1[N+](=O)[O-])C(=O)O. The number of hydrogen-bond donors (Lipinski definition) is 1. The van der Waals surface area contributed by atoms with E-state index in [1.165, 1.54) is 25.1 Å². The van der Waals surface area contributed by atoms with Crippen LogP contribution in [0.4, 0.5) is 18.9 Å². The number of rotatable bonds is 6. The molecule has 0 heterocycles. The summed E-state index contributed by atoms with van der Waals surface area (Å²) in [6.07, 6.45) is -6.00. The zero-order chi connectivity index (χ0) is 20.4. The van der Waals surface area contributed by atoms with Gasteiger partial charge in [-0.25, -0.2) is 4.79 Å². The Morgan fingerprint density at radius 2 is 1.85 bits per heavy atom. The molecule has 2 aromatic carbocycles. The lowest BCUT2D eigenvalue weighted by atomic mass is 10.2. The van der Waals surface area contributed by atoms with Gasteiger partial charge in [0, 0.05) is 0 Å². The summed E-state index contributed by atoms with van der Waals surface area (Å²) in [6.45, 7) is 1.17. The first-order chi connectivity index (χ1) is 12.5. The largest absolute Gasteiger partial charge is 0.479 e. The first-order valence-corrected chi connectivity index (χ1v) is 7.60. The van der Waals surface area contributed by atoms with E-state index >= 15 is 0 Å². The highest BCUT2D eigenvalue weighted by Crippen LogP contribution is 2.42. The van der Waals surface area contributed by atoms with Gasteiger partial charge in [0.1, 0.15) is 5.75 Å². The molecule has 0 fully saturated rings. The Hall–Kier alpha value is -3.01. The number of carbonyl (C=O) groups is 1. The number of nitrogens with zero attached hydrogens (tertiary/aromatic N) is 1. The van der Waals surface area contributed by atoms with E-state index in [0.29, 0.717) is 12.1 Å². The number of carboxylic acids is 1. The van der Waals surface area contributed by atoms with Crippen molar-refractivity contribution in [1.82, 2.24) is 0 Å². The van der Waals surface area contributed by atoms with Gasteiger partial charge in [0.15, 0.2) is 6.10 Å². The predicted octanol–water partition coefficient (Wildman–Crippen LogP) is 4.91.